The molecule has 0 bridgehead atoms. The molecule has 4 aromatic rings. The molecule has 0 radical (unpaired) electrons. The fourth-order valence-electron chi connectivity index (χ4n) is 3.58. The van der Waals surface area contributed by atoms with Crippen LogP contribution in [0.15, 0.2) is 78.9 Å². The molecule has 0 atom stereocenters. The van der Waals surface area contributed by atoms with Gasteiger partial charge in [0.05, 0.1) is 5.56 Å². The maximum atomic E-state index is 9.64. The number of thiophene rings is 1. The van der Waals surface area contributed by atoms with E-state index >= 15 is 0 Å². The number of anilines is 1. The zero-order valence-electron chi connectivity index (χ0n) is 16.8. The number of nitrogen functional groups attached to an aromatic ring is 1. The van der Waals surface area contributed by atoms with E-state index in [9.17, 15) is 5.26 Å². The lowest BCUT2D eigenvalue weighted by atomic mass is 10.00. The largest absolute Gasteiger partial charge is 0.489 e. The summed E-state index contributed by atoms with van der Waals surface area (Å²) in [5, 5.41) is 10.2. The van der Waals surface area contributed by atoms with Crippen LogP contribution >= 0.6 is 11.3 Å². The molecule has 3 nitrogen and oxygen atoms in total. The highest BCUT2D eigenvalue weighted by Gasteiger charge is 2.18. The highest BCUT2D eigenvalue weighted by Crippen LogP contribution is 2.35. The minimum atomic E-state index is 0.317. The van der Waals surface area contributed by atoms with Crippen molar-refractivity contribution in [3.05, 3.63) is 106 Å². The first-order valence-corrected chi connectivity index (χ1v) is 10.6. The molecule has 1 heterocycles. The van der Waals surface area contributed by atoms with Crippen LogP contribution in [0.1, 0.15) is 27.1 Å². The molecule has 2 N–H and O–H groups in total. The van der Waals surface area contributed by atoms with Crippen LogP contribution in [0, 0.1) is 18.3 Å². The smallest absolute Gasteiger partial charge is 0.123 e. The lowest BCUT2D eigenvalue weighted by Gasteiger charge is -2.14. The molecule has 0 aliphatic rings. The van der Waals surface area contributed by atoms with Crippen LogP contribution < -0.4 is 10.5 Å². The van der Waals surface area contributed by atoms with E-state index in [1.807, 2.05) is 48.5 Å². The van der Waals surface area contributed by atoms with Gasteiger partial charge >= 0.3 is 0 Å². The number of ether oxygens (including phenoxy) is 1. The molecular weight excluding hydrogens is 388 g/mol. The number of nitriles is 1. The van der Waals surface area contributed by atoms with Crippen LogP contribution in [0.3, 0.4) is 0 Å². The second kappa shape index (κ2) is 8.86. The van der Waals surface area contributed by atoms with Crippen LogP contribution in [-0.2, 0) is 13.0 Å². The minimum Gasteiger partial charge on any atom is -0.489 e. The standard InChI is InChI=1S/C26H22N2OS/c1-18-21(20-11-6-3-7-12-20)13-8-14-24(18)29-17-23-22(16-27)26(28)30-25(23)15-19-9-4-2-5-10-19/h2-14H,15,17,28H2,1H3. The molecule has 1 aromatic heterocycles. The summed E-state index contributed by atoms with van der Waals surface area (Å²) < 4.78 is 6.22. The van der Waals surface area contributed by atoms with Crippen LogP contribution in [-0.4, -0.2) is 0 Å². The number of hydrogen-bond acceptors (Lipinski definition) is 4. The predicted octanol–water partition coefficient (Wildman–Crippen LogP) is 6.35. The Hall–Kier alpha value is -3.55. The monoisotopic (exact) mass is 410 g/mol. The molecule has 0 fully saturated rings. The second-order valence-corrected chi connectivity index (χ2v) is 8.24. The van der Waals surface area contributed by atoms with Crippen molar-refractivity contribution >= 4 is 16.3 Å². The van der Waals surface area contributed by atoms with Gasteiger partial charge in [-0.05, 0) is 35.2 Å². The molecule has 0 saturated heterocycles. The average Bonchev–Trinajstić information content (AvgIpc) is 3.08. The Kier molecular flexibility index (Phi) is 5.83. The molecule has 148 valence electrons. The fraction of sp³-hybridized carbons (Fsp3) is 0.115. The van der Waals surface area contributed by atoms with Gasteiger partial charge in [-0.1, -0.05) is 72.8 Å². The Labute approximate surface area is 181 Å². The first-order chi connectivity index (χ1) is 14.7. The number of benzene rings is 3. The van der Waals surface area contributed by atoms with Gasteiger partial charge in [-0.25, -0.2) is 0 Å². The van der Waals surface area contributed by atoms with E-state index in [1.165, 1.54) is 16.9 Å². The van der Waals surface area contributed by atoms with E-state index in [-0.39, 0.29) is 0 Å². The zero-order chi connectivity index (χ0) is 20.9. The zero-order valence-corrected chi connectivity index (χ0v) is 17.6. The molecule has 0 aliphatic heterocycles. The Morgan fingerprint density at radius 3 is 2.33 bits per heavy atom. The number of hydrogen-bond donors (Lipinski definition) is 1. The van der Waals surface area contributed by atoms with Gasteiger partial charge in [0.1, 0.15) is 23.4 Å². The van der Waals surface area contributed by atoms with Gasteiger partial charge in [-0.2, -0.15) is 5.26 Å². The summed E-state index contributed by atoms with van der Waals surface area (Å²) in [4.78, 5) is 1.08. The highest BCUT2D eigenvalue weighted by molar-refractivity contribution is 7.16. The van der Waals surface area contributed by atoms with E-state index in [0.29, 0.717) is 17.2 Å². The molecule has 0 unspecified atom stereocenters. The van der Waals surface area contributed by atoms with E-state index in [4.69, 9.17) is 10.5 Å². The molecular formula is C26H22N2OS. The van der Waals surface area contributed by atoms with Crippen molar-refractivity contribution in [2.24, 2.45) is 0 Å². The van der Waals surface area contributed by atoms with E-state index in [1.54, 1.807) is 0 Å². The molecule has 3 aromatic carbocycles. The van der Waals surface area contributed by atoms with Gasteiger partial charge < -0.3 is 10.5 Å². The van der Waals surface area contributed by atoms with E-state index < -0.39 is 0 Å². The molecule has 4 heteroatoms. The third-order valence-electron chi connectivity index (χ3n) is 5.18. The topological polar surface area (TPSA) is 59.0 Å². The maximum absolute atomic E-state index is 9.64. The van der Waals surface area contributed by atoms with Gasteiger partial charge in [0.2, 0.25) is 0 Å². The Morgan fingerprint density at radius 2 is 1.63 bits per heavy atom. The summed E-state index contributed by atoms with van der Waals surface area (Å²) in [5.74, 6) is 0.815. The van der Waals surface area contributed by atoms with Gasteiger partial charge in [-0.3, -0.25) is 0 Å². The summed E-state index contributed by atoms with van der Waals surface area (Å²) in [5.41, 5.74) is 12.1. The van der Waals surface area contributed by atoms with Crippen molar-refractivity contribution in [1.82, 2.24) is 0 Å². The summed E-state index contributed by atoms with van der Waals surface area (Å²) in [7, 11) is 0. The van der Waals surface area contributed by atoms with E-state index in [2.05, 4.69) is 43.3 Å². The van der Waals surface area contributed by atoms with Crippen molar-refractivity contribution in [3.63, 3.8) is 0 Å². The summed E-state index contributed by atoms with van der Waals surface area (Å²) in [6.45, 7) is 2.38. The maximum Gasteiger partial charge on any atom is 0.123 e. The first-order valence-electron chi connectivity index (χ1n) is 9.79. The summed E-state index contributed by atoms with van der Waals surface area (Å²) in [6, 6.07) is 28.8. The lowest BCUT2D eigenvalue weighted by molar-refractivity contribution is 0.303. The second-order valence-electron chi connectivity index (χ2n) is 7.10. The molecule has 0 aliphatic carbocycles. The fourth-order valence-corrected chi connectivity index (χ4v) is 4.64. The molecule has 0 saturated carbocycles. The number of rotatable bonds is 6. The third kappa shape index (κ3) is 4.07. The van der Waals surface area contributed by atoms with E-state index in [0.717, 1.165) is 39.3 Å². The molecule has 30 heavy (non-hydrogen) atoms. The Balaban J connectivity index is 1.62. The normalized spacial score (nSPS) is 10.5. The van der Waals surface area contributed by atoms with Crippen molar-refractivity contribution in [1.29, 1.82) is 5.26 Å². The Bertz CT molecular complexity index is 1190. The van der Waals surface area contributed by atoms with Gasteiger partial charge in [0, 0.05) is 16.9 Å². The van der Waals surface area contributed by atoms with Crippen LogP contribution in [0.5, 0.6) is 5.75 Å². The van der Waals surface area contributed by atoms with Crippen LogP contribution in [0.2, 0.25) is 0 Å². The SMILES string of the molecule is Cc1c(OCc2c(Cc3ccccc3)sc(N)c2C#N)cccc1-c1ccccc1. The Morgan fingerprint density at radius 1 is 0.933 bits per heavy atom. The van der Waals surface area contributed by atoms with Crippen molar-refractivity contribution in [2.45, 2.75) is 20.0 Å². The number of nitrogens with zero attached hydrogens (tertiary/aromatic N) is 1. The predicted molar refractivity (Wildman–Crippen MR) is 124 cm³/mol. The first kappa shape index (κ1) is 19.8. The van der Waals surface area contributed by atoms with Crippen molar-refractivity contribution in [2.75, 3.05) is 5.73 Å². The molecule has 4 rings (SSSR count). The van der Waals surface area contributed by atoms with Gasteiger partial charge in [0.25, 0.3) is 0 Å². The molecule has 0 spiro atoms. The van der Waals surface area contributed by atoms with Gasteiger partial charge in [-0.15, -0.1) is 11.3 Å². The lowest BCUT2D eigenvalue weighted by Crippen LogP contribution is -2.02. The quantitative estimate of drug-likeness (QED) is 0.403. The van der Waals surface area contributed by atoms with Crippen LogP contribution in [0.25, 0.3) is 11.1 Å². The summed E-state index contributed by atoms with van der Waals surface area (Å²) >= 11 is 1.48. The highest BCUT2D eigenvalue weighted by atomic mass is 32.1. The average molecular weight is 411 g/mol. The number of nitrogens with two attached hydrogens (primary N) is 1. The summed E-state index contributed by atoms with van der Waals surface area (Å²) in [6.07, 6.45) is 0.735. The van der Waals surface area contributed by atoms with Crippen LogP contribution in [0.4, 0.5) is 5.00 Å². The van der Waals surface area contributed by atoms with Crippen molar-refractivity contribution < 1.29 is 4.74 Å². The third-order valence-corrected chi connectivity index (χ3v) is 6.24. The minimum absolute atomic E-state index is 0.317. The molecule has 0 amide bonds. The van der Waals surface area contributed by atoms with Crippen molar-refractivity contribution in [3.8, 4) is 22.9 Å². The van der Waals surface area contributed by atoms with Gasteiger partial charge in [0.15, 0.2) is 0 Å².